The fraction of sp³-hybridized carbons (Fsp3) is 0.897. The zero-order chi connectivity index (χ0) is 38.5. The highest BCUT2D eigenvalue weighted by atomic mass is 32.2. The van der Waals surface area contributed by atoms with E-state index in [1.54, 1.807) is 0 Å². The van der Waals surface area contributed by atoms with Crippen LogP contribution in [0.3, 0.4) is 0 Å². The van der Waals surface area contributed by atoms with Crippen LogP contribution in [0, 0.1) is 0 Å². The van der Waals surface area contributed by atoms with Crippen molar-refractivity contribution in [2.75, 3.05) is 19.0 Å². The van der Waals surface area contributed by atoms with Gasteiger partial charge in [0.05, 0.1) is 6.61 Å². The van der Waals surface area contributed by atoms with Crippen molar-refractivity contribution in [2.24, 2.45) is 0 Å². The maximum atomic E-state index is 12.7. The Morgan fingerprint density at radius 3 is 1.62 bits per heavy atom. The van der Waals surface area contributed by atoms with Crippen molar-refractivity contribution in [3.8, 4) is 0 Å². The van der Waals surface area contributed by atoms with Gasteiger partial charge in [-0.25, -0.2) is 0 Å². The van der Waals surface area contributed by atoms with Gasteiger partial charge in [0, 0.05) is 12.8 Å². The fourth-order valence-electron chi connectivity index (χ4n) is 6.14. The van der Waals surface area contributed by atoms with Crippen LogP contribution in [-0.2, 0) is 38.7 Å². The molecular formula is C39H72O12S. The van der Waals surface area contributed by atoms with Gasteiger partial charge in [0.15, 0.2) is 12.4 Å². The lowest BCUT2D eigenvalue weighted by molar-refractivity contribution is -0.297. The van der Waals surface area contributed by atoms with Crippen LogP contribution in [0.15, 0.2) is 12.2 Å². The molecular weight excluding hydrogens is 692 g/mol. The van der Waals surface area contributed by atoms with E-state index in [0.717, 1.165) is 44.9 Å². The molecule has 4 N–H and O–H groups in total. The molecule has 0 bridgehead atoms. The number of carbonyl (C=O) groups is 2. The molecule has 1 rings (SSSR count). The van der Waals surface area contributed by atoms with E-state index < -0.39 is 71.2 Å². The third-order valence-electron chi connectivity index (χ3n) is 9.35. The predicted molar refractivity (Wildman–Crippen MR) is 201 cm³/mol. The summed E-state index contributed by atoms with van der Waals surface area (Å²) < 4.78 is 53.8. The van der Waals surface area contributed by atoms with E-state index in [0.29, 0.717) is 12.8 Å². The highest BCUT2D eigenvalue weighted by Gasteiger charge is 2.46. The molecule has 2 unspecified atom stereocenters. The number of aliphatic hydroxyl groups is 3. The summed E-state index contributed by atoms with van der Waals surface area (Å²) in [7, 11) is -4.59. The van der Waals surface area contributed by atoms with Crippen molar-refractivity contribution in [2.45, 2.75) is 205 Å². The predicted octanol–water partition coefficient (Wildman–Crippen LogP) is 7.11. The minimum absolute atomic E-state index is 0.164. The molecule has 0 aliphatic carbocycles. The van der Waals surface area contributed by atoms with E-state index in [9.17, 15) is 37.9 Å². The maximum absolute atomic E-state index is 12.7. The second-order valence-corrected chi connectivity index (χ2v) is 15.8. The van der Waals surface area contributed by atoms with Crippen LogP contribution in [0.5, 0.6) is 0 Å². The van der Waals surface area contributed by atoms with Crippen molar-refractivity contribution in [1.29, 1.82) is 0 Å². The number of hydrogen-bond acceptors (Lipinski definition) is 11. The Morgan fingerprint density at radius 1 is 0.635 bits per heavy atom. The lowest BCUT2D eigenvalue weighted by Crippen LogP contribution is -2.60. The Balaban J connectivity index is 2.49. The zero-order valence-electron chi connectivity index (χ0n) is 32.2. The van der Waals surface area contributed by atoms with Gasteiger partial charge in [-0.3, -0.25) is 14.1 Å². The first-order chi connectivity index (χ1) is 25.0. The first kappa shape index (κ1) is 48.4. The summed E-state index contributed by atoms with van der Waals surface area (Å²) in [6.07, 6.45) is 20.0. The highest BCUT2D eigenvalue weighted by Crippen LogP contribution is 2.24. The van der Waals surface area contributed by atoms with Crippen molar-refractivity contribution >= 4 is 22.1 Å². The first-order valence-electron chi connectivity index (χ1n) is 20.2. The quantitative estimate of drug-likeness (QED) is 0.0230. The lowest BCUT2D eigenvalue weighted by atomic mass is 10.00. The van der Waals surface area contributed by atoms with Crippen LogP contribution in [0.25, 0.3) is 0 Å². The van der Waals surface area contributed by atoms with Crippen LogP contribution in [0.2, 0.25) is 0 Å². The van der Waals surface area contributed by atoms with Crippen molar-refractivity contribution < 1.29 is 56.8 Å². The van der Waals surface area contributed by atoms with Gasteiger partial charge >= 0.3 is 11.9 Å². The van der Waals surface area contributed by atoms with E-state index >= 15 is 0 Å². The van der Waals surface area contributed by atoms with Crippen molar-refractivity contribution in [3.63, 3.8) is 0 Å². The van der Waals surface area contributed by atoms with Gasteiger partial charge in [0.25, 0.3) is 10.1 Å². The molecule has 0 spiro atoms. The molecule has 13 heteroatoms. The molecule has 0 radical (unpaired) electrons. The SMILES string of the molecule is CCCCCCCCCC/C=C/CCCCCC(=O)OC[C@H](CO[C@H]1O[C@H](CS(=O)(=O)O)[C@@H](O)C(O)C1O)OC(=O)CCCCCCCCCCC. The van der Waals surface area contributed by atoms with E-state index in [1.807, 2.05) is 0 Å². The van der Waals surface area contributed by atoms with Gasteiger partial charge in [-0.15, -0.1) is 0 Å². The molecule has 306 valence electrons. The van der Waals surface area contributed by atoms with E-state index in [4.69, 9.17) is 18.9 Å². The monoisotopic (exact) mass is 764 g/mol. The third kappa shape index (κ3) is 25.4. The smallest absolute Gasteiger partial charge is 0.306 e. The Morgan fingerprint density at radius 2 is 1.10 bits per heavy atom. The van der Waals surface area contributed by atoms with Crippen LogP contribution >= 0.6 is 0 Å². The van der Waals surface area contributed by atoms with Crippen LogP contribution in [0.1, 0.15) is 168 Å². The largest absolute Gasteiger partial charge is 0.462 e. The second kappa shape index (κ2) is 30.7. The number of unbranched alkanes of at least 4 members (excludes halogenated alkanes) is 19. The van der Waals surface area contributed by atoms with Crippen LogP contribution in [0.4, 0.5) is 0 Å². The van der Waals surface area contributed by atoms with Gasteiger partial charge in [-0.2, -0.15) is 8.42 Å². The number of ether oxygens (including phenoxy) is 4. The van der Waals surface area contributed by atoms with E-state index in [-0.39, 0.29) is 19.4 Å². The van der Waals surface area contributed by atoms with Gasteiger partial charge in [0.2, 0.25) is 0 Å². The second-order valence-electron chi connectivity index (χ2n) is 14.3. The molecule has 0 aromatic rings. The molecule has 1 heterocycles. The zero-order valence-corrected chi connectivity index (χ0v) is 33.0. The Labute approximate surface area is 314 Å². The summed E-state index contributed by atoms with van der Waals surface area (Å²) in [5.41, 5.74) is 0. The van der Waals surface area contributed by atoms with Gasteiger partial charge in [-0.05, 0) is 38.5 Å². The number of carbonyl (C=O) groups excluding carboxylic acids is 2. The third-order valence-corrected chi connectivity index (χ3v) is 10.1. The average molecular weight is 765 g/mol. The van der Waals surface area contributed by atoms with Gasteiger partial charge < -0.3 is 34.3 Å². The summed E-state index contributed by atoms with van der Waals surface area (Å²) in [5.74, 6) is -2.00. The standard InChI is InChI=1S/C39H72O12S/c1-3-5-7-9-11-13-14-15-16-17-18-20-21-23-25-27-34(40)48-29-32(50-35(41)28-26-24-22-19-12-10-8-6-4-2)30-49-39-38(44)37(43)36(42)33(51-39)31-52(45,46)47/h17-18,32-33,36-39,42-44H,3-16,19-31H2,1-2H3,(H,45,46,47)/b18-17+/t32-,33-,36-,37?,38?,39+/m1/s1. The van der Waals surface area contributed by atoms with Gasteiger partial charge in [-0.1, -0.05) is 129 Å². The number of aliphatic hydroxyl groups excluding tert-OH is 3. The average Bonchev–Trinajstić information content (AvgIpc) is 3.10. The molecule has 0 aromatic carbocycles. The molecule has 1 aliphatic rings. The van der Waals surface area contributed by atoms with Crippen LogP contribution < -0.4 is 0 Å². The number of allylic oxidation sites excluding steroid dienone is 2. The van der Waals surface area contributed by atoms with Crippen LogP contribution in [-0.4, -0.2) is 96.0 Å². The molecule has 0 amide bonds. The molecule has 12 nitrogen and oxygen atoms in total. The summed E-state index contributed by atoms with van der Waals surface area (Å²) in [6.45, 7) is 3.70. The molecule has 6 atom stereocenters. The summed E-state index contributed by atoms with van der Waals surface area (Å²) in [5, 5.41) is 30.7. The molecule has 0 saturated carbocycles. The molecule has 52 heavy (non-hydrogen) atoms. The van der Waals surface area contributed by atoms with E-state index in [1.165, 1.54) is 83.5 Å². The molecule has 0 aromatic heterocycles. The molecule has 1 saturated heterocycles. The maximum Gasteiger partial charge on any atom is 0.306 e. The summed E-state index contributed by atoms with van der Waals surface area (Å²) in [6, 6.07) is 0. The topological polar surface area (TPSA) is 186 Å². The number of rotatable bonds is 33. The number of hydrogen-bond donors (Lipinski definition) is 4. The summed E-state index contributed by atoms with van der Waals surface area (Å²) in [4.78, 5) is 25.2. The van der Waals surface area contributed by atoms with Crippen molar-refractivity contribution in [3.05, 3.63) is 12.2 Å². The number of esters is 2. The normalized spacial score (nSPS) is 21.4. The lowest BCUT2D eigenvalue weighted by Gasteiger charge is -2.40. The Kier molecular flexibility index (Phi) is 28.6. The minimum atomic E-state index is -4.59. The fourth-order valence-corrected chi connectivity index (χ4v) is 6.83. The first-order valence-corrected chi connectivity index (χ1v) is 21.9. The van der Waals surface area contributed by atoms with E-state index in [2.05, 4.69) is 26.0 Å². The van der Waals surface area contributed by atoms with Crippen molar-refractivity contribution in [1.82, 2.24) is 0 Å². The minimum Gasteiger partial charge on any atom is -0.462 e. The van der Waals surface area contributed by atoms with Gasteiger partial charge in [0.1, 0.15) is 36.8 Å². The molecule has 1 aliphatic heterocycles. The Bertz CT molecular complexity index is 1040. The Hall–Kier alpha value is -1.61. The highest BCUT2D eigenvalue weighted by molar-refractivity contribution is 7.85. The molecule has 1 fully saturated rings. The summed E-state index contributed by atoms with van der Waals surface area (Å²) >= 11 is 0.